The van der Waals surface area contributed by atoms with E-state index in [9.17, 15) is 13.2 Å². The van der Waals surface area contributed by atoms with Gasteiger partial charge in [-0.3, -0.25) is 0 Å². The second-order valence-corrected chi connectivity index (χ2v) is 6.81. The zero-order valence-electron chi connectivity index (χ0n) is 12.0. The second-order valence-electron chi connectivity index (χ2n) is 4.06. The Morgan fingerprint density at radius 3 is 2.55 bits per heavy atom. The average molecular weight is 321 g/mol. The molecule has 0 aliphatic carbocycles. The van der Waals surface area contributed by atoms with Gasteiger partial charge in [0.1, 0.15) is 9.77 Å². The molecule has 20 heavy (non-hydrogen) atoms. The van der Waals surface area contributed by atoms with E-state index < -0.39 is 16.0 Å². The topological polar surface area (TPSA) is 72.9 Å². The molecule has 1 aromatic heterocycles. The van der Waals surface area contributed by atoms with E-state index in [0.717, 1.165) is 11.3 Å². The summed E-state index contributed by atoms with van der Waals surface area (Å²) in [4.78, 5) is 11.8. The number of likely N-dealkylation sites (N-methyl/N-ethyl adjacent to an activating group) is 1. The Kier molecular flexibility index (Phi) is 6.12. The lowest BCUT2D eigenvalue weighted by Crippen LogP contribution is -2.34. The van der Waals surface area contributed by atoms with Gasteiger partial charge in [0.05, 0.1) is 13.7 Å². The van der Waals surface area contributed by atoms with E-state index in [1.54, 1.807) is 19.2 Å². The number of aryl methyl sites for hydroxylation is 1. The minimum Gasteiger partial charge on any atom is -0.465 e. The van der Waals surface area contributed by atoms with Crippen molar-refractivity contribution in [1.82, 2.24) is 4.31 Å². The molecule has 0 bridgehead atoms. The van der Waals surface area contributed by atoms with Crippen LogP contribution >= 0.6 is 11.3 Å². The third-order valence-corrected chi connectivity index (χ3v) is 6.15. The summed E-state index contributed by atoms with van der Waals surface area (Å²) in [5.74, 6) is -0.635. The summed E-state index contributed by atoms with van der Waals surface area (Å²) >= 11 is 1.08. The van der Waals surface area contributed by atoms with Crippen LogP contribution in [0.2, 0.25) is 0 Å². The van der Waals surface area contributed by atoms with E-state index in [4.69, 9.17) is 4.74 Å². The summed E-state index contributed by atoms with van der Waals surface area (Å²) in [6.45, 7) is 4.25. The van der Waals surface area contributed by atoms with E-state index in [-0.39, 0.29) is 16.3 Å². The van der Waals surface area contributed by atoms with Crippen molar-refractivity contribution < 1.29 is 22.7 Å². The molecule has 0 unspecified atom stereocenters. The molecule has 0 aliphatic heterocycles. The van der Waals surface area contributed by atoms with Gasteiger partial charge in [-0.2, -0.15) is 4.31 Å². The number of rotatable bonds is 7. The number of thiophene rings is 1. The van der Waals surface area contributed by atoms with Crippen molar-refractivity contribution in [2.24, 2.45) is 0 Å². The van der Waals surface area contributed by atoms with Crippen molar-refractivity contribution in [3.63, 3.8) is 0 Å². The van der Waals surface area contributed by atoms with Gasteiger partial charge in [-0.05, 0) is 17.9 Å². The lowest BCUT2D eigenvalue weighted by Gasteiger charge is -2.20. The standard InChI is InChI=1S/C12H19NO5S2/c1-5-13(6-7-17-3)20(15,16)11-9(2)8-19-10(11)12(14)18-4/h8H,5-7H2,1-4H3. The number of ether oxygens (including phenoxy) is 2. The zero-order chi connectivity index (χ0) is 15.3. The van der Waals surface area contributed by atoms with E-state index in [1.807, 2.05) is 0 Å². The van der Waals surface area contributed by atoms with Crippen LogP contribution in [0.3, 0.4) is 0 Å². The molecule has 0 radical (unpaired) electrons. The number of hydrogen-bond donors (Lipinski definition) is 0. The first-order valence-electron chi connectivity index (χ1n) is 6.05. The van der Waals surface area contributed by atoms with Crippen LogP contribution < -0.4 is 0 Å². The van der Waals surface area contributed by atoms with Crippen molar-refractivity contribution >= 4 is 27.3 Å². The summed E-state index contributed by atoms with van der Waals surface area (Å²) in [7, 11) is -0.991. The predicted octanol–water partition coefficient (Wildman–Crippen LogP) is 1.50. The Morgan fingerprint density at radius 1 is 1.40 bits per heavy atom. The van der Waals surface area contributed by atoms with Gasteiger partial charge in [0.25, 0.3) is 0 Å². The highest BCUT2D eigenvalue weighted by Gasteiger charge is 2.31. The first kappa shape index (κ1) is 17.1. The number of nitrogens with zero attached hydrogens (tertiary/aromatic N) is 1. The SMILES string of the molecule is CCN(CCOC)S(=O)(=O)c1c(C)csc1C(=O)OC. The molecule has 6 nitrogen and oxygen atoms in total. The van der Waals surface area contributed by atoms with Crippen LogP contribution in [0.4, 0.5) is 0 Å². The zero-order valence-corrected chi connectivity index (χ0v) is 13.6. The van der Waals surface area contributed by atoms with Gasteiger partial charge in [-0.1, -0.05) is 6.92 Å². The van der Waals surface area contributed by atoms with Crippen molar-refractivity contribution in [3.05, 3.63) is 15.8 Å². The smallest absolute Gasteiger partial charge is 0.349 e. The molecule has 0 saturated heterocycles. The van der Waals surface area contributed by atoms with E-state index in [0.29, 0.717) is 18.7 Å². The van der Waals surface area contributed by atoms with Crippen LogP contribution in [-0.4, -0.2) is 52.6 Å². The predicted molar refractivity (Wildman–Crippen MR) is 76.7 cm³/mol. The highest BCUT2D eigenvalue weighted by atomic mass is 32.2. The highest BCUT2D eigenvalue weighted by molar-refractivity contribution is 7.89. The Labute approximate surface area is 123 Å². The van der Waals surface area contributed by atoms with Crippen LogP contribution in [0.5, 0.6) is 0 Å². The van der Waals surface area contributed by atoms with Crippen molar-refractivity contribution in [2.45, 2.75) is 18.7 Å². The normalized spacial score (nSPS) is 11.8. The van der Waals surface area contributed by atoms with Gasteiger partial charge in [-0.15, -0.1) is 11.3 Å². The van der Waals surface area contributed by atoms with Gasteiger partial charge < -0.3 is 9.47 Å². The monoisotopic (exact) mass is 321 g/mol. The lowest BCUT2D eigenvalue weighted by molar-refractivity contribution is 0.0602. The first-order valence-corrected chi connectivity index (χ1v) is 8.37. The van der Waals surface area contributed by atoms with Gasteiger partial charge in [0, 0.05) is 20.2 Å². The molecule has 1 heterocycles. The first-order chi connectivity index (χ1) is 9.39. The van der Waals surface area contributed by atoms with Crippen LogP contribution in [0.25, 0.3) is 0 Å². The van der Waals surface area contributed by atoms with E-state index in [1.165, 1.54) is 18.5 Å². The average Bonchev–Trinajstić information content (AvgIpc) is 2.81. The van der Waals surface area contributed by atoms with Crippen LogP contribution in [0.15, 0.2) is 10.3 Å². The third-order valence-electron chi connectivity index (χ3n) is 2.78. The summed E-state index contributed by atoms with van der Waals surface area (Å²) in [5, 5.41) is 1.64. The maximum Gasteiger partial charge on any atom is 0.349 e. The molecule has 0 aliphatic rings. The lowest BCUT2D eigenvalue weighted by atomic mass is 10.3. The quantitative estimate of drug-likeness (QED) is 0.712. The summed E-state index contributed by atoms with van der Waals surface area (Å²) in [5.41, 5.74) is 0.547. The fourth-order valence-corrected chi connectivity index (χ4v) is 4.85. The molecule has 0 N–H and O–H groups in total. The summed E-state index contributed by atoms with van der Waals surface area (Å²) in [6, 6.07) is 0. The Hall–Kier alpha value is -0.960. The van der Waals surface area contributed by atoms with E-state index >= 15 is 0 Å². The summed E-state index contributed by atoms with van der Waals surface area (Å²) < 4.78 is 36.2. The Morgan fingerprint density at radius 2 is 2.05 bits per heavy atom. The highest BCUT2D eigenvalue weighted by Crippen LogP contribution is 2.30. The molecule has 0 aromatic carbocycles. The minimum atomic E-state index is -3.73. The van der Waals surface area contributed by atoms with Crippen molar-refractivity contribution in [2.75, 3.05) is 33.9 Å². The second kappa shape index (κ2) is 7.16. The van der Waals surface area contributed by atoms with Crippen LogP contribution in [0.1, 0.15) is 22.2 Å². The third kappa shape index (κ3) is 3.38. The Bertz CT molecular complexity index is 564. The van der Waals surface area contributed by atoms with Crippen molar-refractivity contribution in [1.29, 1.82) is 0 Å². The molecular formula is C12H19NO5S2. The maximum absolute atomic E-state index is 12.7. The molecule has 0 saturated carbocycles. The fourth-order valence-electron chi connectivity index (χ4n) is 1.76. The Balaban J connectivity index is 3.27. The minimum absolute atomic E-state index is 0.0345. The molecule has 114 valence electrons. The van der Waals surface area contributed by atoms with Gasteiger partial charge in [0.15, 0.2) is 0 Å². The van der Waals surface area contributed by atoms with Gasteiger partial charge >= 0.3 is 5.97 Å². The molecule has 0 atom stereocenters. The molecule has 0 amide bonds. The van der Waals surface area contributed by atoms with E-state index in [2.05, 4.69) is 4.74 Å². The van der Waals surface area contributed by atoms with Crippen LogP contribution in [0, 0.1) is 6.92 Å². The molecule has 1 rings (SSSR count). The largest absolute Gasteiger partial charge is 0.465 e. The fraction of sp³-hybridized carbons (Fsp3) is 0.583. The number of carbonyl (C=O) groups is 1. The molecule has 0 fully saturated rings. The van der Waals surface area contributed by atoms with Gasteiger partial charge in [-0.25, -0.2) is 13.2 Å². The maximum atomic E-state index is 12.7. The van der Waals surface area contributed by atoms with Gasteiger partial charge in [0.2, 0.25) is 10.0 Å². The number of sulfonamides is 1. The van der Waals surface area contributed by atoms with Crippen molar-refractivity contribution in [3.8, 4) is 0 Å². The number of esters is 1. The number of methoxy groups -OCH3 is 2. The molecule has 0 spiro atoms. The number of hydrogen-bond acceptors (Lipinski definition) is 6. The number of carbonyl (C=O) groups excluding carboxylic acids is 1. The summed E-state index contributed by atoms with van der Waals surface area (Å²) in [6.07, 6.45) is 0. The van der Waals surface area contributed by atoms with Crippen LogP contribution in [-0.2, 0) is 19.5 Å². The molecular weight excluding hydrogens is 302 g/mol. The molecule has 8 heteroatoms. The molecule has 1 aromatic rings.